The van der Waals surface area contributed by atoms with Crippen molar-refractivity contribution < 1.29 is 19.4 Å². The molecule has 0 aromatic heterocycles. The number of rotatable bonds is 3. The van der Waals surface area contributed by atoms with Crippen LogP contribution in [0.1, 0.15) is 10.4 Å². The van der Waals surface area contributed by atoms with Gasteiger partial charge in [-0.25, -0.2) is 4.79 Å². The molecule has 1 aliphatic heterocycles. The summed E-state index contributed by atoms with van der Waals surface area (Å²) in [7, 11) is 0. The molecule has 0 aliphatic carbocycles. The zero-order chi connectivity index (χ0) is 13.0. The normalized spacial score (nSPS) is 19.2. The van der Waals surface area contributed by atoms with Crippen LogP contribution in [0, 0.1) is 0 Å². The number of nitrogens with one attached hydrogen (secondary N) is 2. The van der Waals surface area contributed by atoms with Gasteiger partial charge in [0.15, 0.2) is 0 Å². The highest BCUT2D eigenvalue weighted by atomic mass is 16.5. The number of anilines is 1. The third-order valence-corrected chi connectivity index (χ3v) is 2.65. The minimum atomic E-state index is -1.07. The molecule has 6 heteroatoms. The Balaban J connectivity index is 2.08. The summed E-state index contributed by atoms with van der Waals surface area (Å²) < 4.78 is 5.18. The van der Waals surface area contributed by atoms with Crippen LogP contribution in [0.2, 0.25) is 0 Å². The number of hydrogen-bond acceptors (Lipinski definition) is 4. The van der Waals surface area contributed by atoms with Gasteiger partial charge in [0, 0.05) is 6.54 Å². The third kappa shape index (κ3) is 2.85. The lowest BCUT2D eigenvalue weighted by molar-refractivity contribution is -0.120. The Bertz CT molecular complexity index is 455. The molecule has 1 amide bonds. The van der Waals surface area contributed by atoms with Gasteiger partial charge in [-0.05, 0) is 12.1 Å². The van der Waals surface area contributed by atoms with Crippen molar-refractivity contribution in [2.75, 3.05) is 25.1 Å². The zero-order valence-corrected chi connectivity index (χ0v) is 9.68. The standard InChI is InChI=1S/C12H14N2O4/c15-11(10-7-18-6-5-13-10)14-9-4-2-1-3-8(9)12(16)17/h1-4,10,13H,5-7H2,(H,14,15)(H,16,17). The second-order valence-corrected chi connectivity index (χ2v) is 3.92. The number of amides is 1. The van der Waals surface area contributed by atoms with E-state index in [1.54, 1.807) is 18.2 Å². The summed E-state index contributed by atoms with van der Waals surface area (Å²) in [6, 6.07) is 5.85. The van der Waals surface area contributed by atoms with E-state index in [0.717, 1.165) is 0 Å². The first kappa shape index (κ1) is 12.5. The zero-order valence-electron chi connectivity index (χ0n) is 9.68. The molecule has 1 fully saturated rings. The number of ether oxygens (including phenoxy) is 1. The Morgan fingerprint density at radius 3 is 2.83 bits per heavy atom. The fourth-order valence-electron chi connectivity index (χ4n) is 1.73. The van der Waals surface area contributed by atoms with E-state index in [4.69, 9.17) is 9.84 Å². The van der Waals surface area contributed by atoms with Crippen LogP contribution in [-0.4, -0.2) is 42.8 Å². The summed E-state index contributed by atoms with van der Waals surface area (Å²) >= 11 is 0. The van der Waals surface area contributed by atoms with Gasteiger partial charge in [0.1, 0.15) is 6.04 Å². The number of morpholine rings is 1. The van der Waals surface area contributed by atoms with Crippen molar-refractivity contribution in [1.82, 2.24) is 5.32 Å². The summed E-state index contributed by atoms with van der Waals surface area (Å²) in [5, 5.41) is 14.6. The average molecular weight is 250 g/mol. The molecule has 1 atom stereocenters. The van der Waals surface area contributed by atoms with Gasteiger partial charge in [0.25, 0.3) is 0 Å². The van der Waals surface area contributed by atoms with Crippen molar-refractivity contribution in [2.24, 2.45) is 0 Å². The molecule has 0 spiro atoms. The van der Waals surface area contributed by atoms with E-state index in [9.17, 15) is 9.59 Å². The van der Waals surface area contributed by atoms with Crippen molar-refractivity contribution >= 4 is 17.6 Å². The maximum absolute atomic E-state index is 11.9. The molecule has 18 heavy (non-hydrogen) atoms. The summed E-state index contributed by atoms with van der Waals surface area (Å²) in [5.74, 6) is -1.36. The van der Waals surface area contributed by atoms with E-state index in [1.165, 1.54) is 6.07 Å². The van der Waals surface area contributed by atoms with Crippen LogP contribution in [0.5, 0.6) is 0 Å². The van der Waals surface area contributed by atoms with E-state index in [2.05, 4.69) is 10.6 Å². The van der Waals surface area contributed by atoms with Crippen LogP contribution in [0.25, 0.3) is 0 Å². The first-order valence-corrected chi connectivity index (χ1v) is 5.63. The number of aromatic carboxylic acids is 1. The van der Waals surface area contributed by atoms with Crippen molar-refractivity contribution in [2.45, 2.75) is 6.04 Å². The minimum absolute atomic E-state index is 0.0718. The molecule has 1 unspecified atom stereocenters. The molecular weight excluding hydrogens is 236 g/mol. The first-order chi connectivity index (χ1) is 8.68. The van der Waals surface area contributed by atoms with Crippen molar-refractivity contribution in [3.8, 4) is 0 Å². The lowest BCUT2D eigenvalue weighted by Crippen LogP contribution is -2.48. The Kier molecular flexibility index (Phi) is 3.91. The average Bonchev–Trinajstić information content (AvgIpc) is 2.40. The highest BCUT2D eigenvalue weighted by Crippen LogP contribution is 2.15. The molecule has 1 aromatic carbocycles. The quantitative estimate of drug-likeness (QED) is 0.718. The van der Waals surface area contributed by atoms with E-state index in [-0.39, 0.29) is 11.5 Å². The molecular formula is C12H14N2O4. The second-order valence-electron chi connectivity index (χ2n) is 3.92. The predicted molar refractivity (Wildman–Crippen MR) is 64.6 cm³/mol. The van der Waals surface area contributed by atoms with E-state index >= 15 is 0 Å². The first-order valence-electron chi connectivity index (χ1n) is 5.63. The van der Waals surface area contributed by atoms with Gasteiger partial charge < -0.3 is 20.5 Å². The predicted octanol–water partition coefficient (Wildman–Crippen LogP) is 0.312. The molecule has 2 rings (SSSR count). The lowest BCUT2D eigenvalue weighted by atomic mass is 10.1. The number of hydrogen-bond donors (Lipinski definition) is 3. The molecule has 1 aliphatic rings. The van der Waals surface area contributed by atoms with E-state index < -0.39 is 12.0 Å². The Morgan fingerprint density at radius 2 is 2.17 bits per heavy atom. The largest absolute Gasteiger partial charge is 0.478 e. The van der Waals surface area contributed by atoms with E-state index in [0.29, 0.717) is 25.4 Å². The molecule has 0 radical (unpaired) electrons. The van der Waals surface area contributed by atoms with Crippen LogP contribution in [0.4, 0.5) is 5.69 Å². The lowest BCUT2D eigenvalue weighted by Gasteiger charge is -2.23. The van der Waals surface area contributed by atoms with Crippen molar-refractivity contribution in [1.29, 1.82) is 0 Å². The van der Waals surface area contributed by atoms with Crippen molar-refractivity contribution in [3.05, 3.63) is 29.8 Å². The SMILES string of the molecule is O=C(O)c1ccccc1NC(=O)C1COCCN1. The molecule has 1 saturated heterocycles. The fourth-order valence-corrected chi connectivity index (χ4v) is 1.73. The Morgan fingerprint density at radius 1 is 1.39 bits per heavy atom. The molecule has 0 bridgehead atoms. The smallest absolute Gasteiger partial charge is 0.337 e. The van der Waals surface area contributed by atoms with Crippen LogP contribution in [-0.2, 0) is 9.53 Å². The number of para-hydroxylation sites is 1. The van der Waals surface area contributed by atoms with Crippen molar-refractivity contribution in [3.63, 3.8) is 0 Å². The second kappa shape index (κ2) is 5.61. The van der Waals surface area contributed by atoms with Gasteiger partial charge in [-0.15, -0.1) is 0 Å². The topological polar surface area (TPSA) is 87.7 Å². The molecule has 1 aromatic rings. The molecule has 96 valence electrons. The summed E-state index contributed by atoms with van der Waals surface area (Å²) in [4.78, 5) is 22.9. The number of benzene rings is 1. The van der Waals surface area contributed by atoms with E-state index in [1.807, 2.05) is 0 Å². The molecule has 0 saturated carbocycles. The maximum atomic E-state index is 11.9. The number of carbonyl (C=O) groups excluding carboxylic acids is 1. The van der Waals surface area contributed by atoms with Gasteiger partial charge in [-0.3, -0.25) is 4.79 Å². The summed E-state index contributed by atoms with van der Waals surface area (Å²) in [6.45, 7) is 1.48. The van der Waals surface area contributed by atoms with Crippen LogP contribution in [0.15, 0.2) is 24.3 Å². The number of carboxylic acids is 1. The minimum Gasteiger partial charge on any atom is -0.478 e. The van der Waals surface area contributed by atoms with Gasteiger partial charge in [0.05, 0.1) is 24.5 Å². The molecule has 6 nitrogen and oxygen atoms in total. The summed E-state index contributed by atoms with van der Waals surface area (Å²) in [5.41, 5.74) is 0.366. The van der Waals surface area contributed by atoms with Crippen LogP contribution >= 0.6 is 0 Å². The van der Waals surface area contributed by atoms with Crippen LogP contribution < -0.4 is 10.6 Å². The molecule has 3 N–H and O–H groups in total. The highest BCUT2D eigenvalue weighted by molar-refractivity contribution is 6.02. The Labute approximate surface area is 104 Å². The van der Waals surface area contributed by atoms with Gasteiger partial charge >= 0.3 is 5.97 Å². The van der Waals surface area contributed by atoms with Gasteiger partial charge in [0.2, 0.25) is 5.91 Å². The third-order valence-electron chi connectivity index (χ3n) is 2.65. The Hall–Kier alpha value is -1.92. The number of carboxylic acid groups (broad SMARTS) is 1. The maximum Gasteiger partial charge on any atom is 0.337 e. The number of carbonyl (C=O) groups is 2. The molecule has 1 heterocycles. The van der Waals surface area contributed by atoms with Crippen LogP contribution in [0.3, 0.4) is 0 Å². The monoisotopic (exact) mass is 250 g/mol. The summed E-state index contributed by atoms with van der Waals surface area (Å²) in [6.07, 6.45) is 0. The fraction of sp³-hybridized carbons (Fsp3) is 0.333. The highest BCUT2D eigenvalue weighted by Gasteiger charge is 2.22. The van der Waals surface area contributed by atoms with Gasteiger partial charge in [-0.1, -0.05) is 12.1 Å². The van der Waals surface area contributed by atoms with Gasteiger partial charge in [-0.2, -0.15) is 0 Å².